The van der Waals surface area contributed by atoms with Crippen molar-refractivity contribution in [2.45, 2.75) is 37.6 Å². The van der Waals surface area contributed by atoms with Crippen molar-refractivity contribution < 1.29 is 4.39 Å². The minimum Gasteiger partial charge on any atom is -0.324 e. The van der Waals surface area contributed by atoms with Crippen LogP contribution in [0.1, 0.15) is 38.3 Å². The van der Waals surface area contributed by atoms with Gasteiger partial charge in [0.05, 0.1) is 0 Å². The van der Waals surface area contributed by atoms with Gasteiger partial charge in [-0.3, -0.25) is 0 Å². The van der Waals surface area contributed by atoms with Gasteiger partial charge in [0.25, 0.3) is 0 Å². The highest BCUT2D eigenvalue weighted by molar-refractivity contribution is 7.99. The summed E-state index contributed by atoms with van der Waals surface area (Å²) in [5, 5.41) is 0. The van der Waals surface area contributed by atoms with E-state index in [1.54, 1.807) is 17.8 Å². The van der Waals surface area contributed by atoms with Gasteiger partial charge >= 0.3 is 0 Å². The number of thioether (sulfide) groups is 1. The lowest BCUT2D eigenvalue weighted by Gasteiger charge is -2.12. The van der Waals surface area contributed by atoms with Gasteiger partial charge in [0, 0.05) is 10.9 Å². The van der Waals surface area contributed by atoms with E-state index in [0.717, 1.165) is 29.1 Å². The minimum absolute atomic E-state index is 0.107. The van der Waals surface area contributed by atoms with Crippen LogP contribution in [0.4, 0.5) is 4.39 Å². The Balaban J connectivity index is 2.82. The average molecular weight is 227 g/mol. The lowest BCUT2D eigenvalue weighted by atomic mass is 10.1. The van der Waals surface area contributed by atoms with Crippen molar-refractivity contribution in [1.82, 2.24) is 0 Å². The third-order valence-corrected chi connectivity index (χ3v) is 3.44. The number of hydrogen-bond acceptors (Lipinski definition) is 2. The number of rotatable bonds is 5. The summed E-state index contributed by atoms with van der Waals surface area (Å²) >= 11 is 1.57. The molecule has 0 aliphatic heterocycles. The van der Waals surface area contributed by atoms with Gasteiger partial charge in [0.1, 0.15) is 5.82 Å². The van der Waals surface area contributed by atoms with Gasteiger partial charge in [-0.05, 0) is 30.7 Å². The van der Waals surface area contributed by atoms with Crippen LogP contribution < -0.4 is 5.73 Å². The summed E-state index contributed by atoms with van der Waals surface area (Å²) in [6.07, 6.45) is 2.24. The van der Waals surface area contributed by atoms with Crippen molar-refractivity contribution in [2.75, 3.05) is 5.75 Å². The van der Waals surface area contributed by atoms with Crippen LogP contribution in [0.15, 0.2) is 23.1 Å². The van der Waals surface area contributed by atoms with E-state index in [1.165, 1.54) is 6.07 Å². The van der Waals surface area contributed by atoms with Crippen molar-refractivity contribution in [3.05, 3.63) is 29.6 Å². The van der Waals surface area contributed by atoms with E-state index in [0.29, 0.717) is 0 Å². The van der Waals surface area contributed by atoms with Crippen molar-refractivity contribution in [1.29, 1.82) is 0 Å². The molecule has 1 aromatic rings. The molecule has 1 atom stereocenters. The fourth-order valence-corrected chi connectivity index (χ4v) is 2.62. The molecular formula is C12H18FNS. The lowest BCUT2D eigenvalue weighted by Crippen LogP contribution is -2.07. The predicted octanol–water partition coefficient (Wildman–Crippen LogP) is 3.74. The van der Waals surface area contributed by atoms with Gasteiger partial charge in [-0.2, -0.15) is 0 Å². The smallest absolute Gasteiger partial charge is 0.137 e. The van der Waals surface area contributed by atoms with Crippen LogP contribution in [-0.2, 0) is 0 Å². The van der Waals surface area contributed by atoms with Gasteiger partial charge in [-0.15, -0.1) is 11.8 Å². The Labute approximate surface area is 95.2 Å². The molecule has 3 heteroatoms. The first-order chi connectivity index (χ1) is 7.16. The maximum atomic E-state index is 13.6. The number of nitrogens with two attached hydrogens (primary N) is 1. The fourth-order valence-electron chi connectivity index (χ4n) is 1.35. The third-order valence-electron chi connectivity index (χ3n) is 2.23. The Morgan fingerprint density at radius 1 is 1.47 bits per heavy atom. The van der Waals surface area contributed by atoms with Crippen LogP contribution in [0.2, 0.25) is 0 Å². The molecule has 2 N–H and O–H groups in total. The Kier molecular flexibility index (Phi) is 5.12. The van der Waals surface area contributed by atoms with Gasteiger partial charge in [0.2, 0.25) is 0 Å². The lowest BCUT2D eigenvalue weighted by molar-refractivity contribution is 0.591. The van der Waals surface area contributed by atoms with Gasteiger partial charge < -0.3 is 5.73 Å². The van der Waals surface area contributed by atoms with E-state index in [-0.39, 0.29) is 11.9 Å². The average Bonchev–Trinajstić information content (AvgIpc) is 2.20. The van der Waals surface area contributed by atoms with Gasteiger partial charge in [0.15, 0.2) is 0 Å². The number of benzene rings is 1. The van der Waals surface area contributed by atoms with Gasteiger partial charge in [-0.1, -0.05) is 25.5 Å². The molecule has 0 heterocycles. The van der Waals surface area contributed by atoms with E-state index in [2.05, 4.69) is 6.92 Å². The number of unbranched alkanes of at least 4 members (excludes halogenated alkanes) is 1. The normalized spacial score (nSPS) is 12.8. The van der Waals surface area contributed by atoms with Crippen LogP contribution in [0.5, 0.6) is 0 Å². The van der Waals surface area contributed by atoms with Crippen LogP contribution in [0, 0.1) is 5.82 Å². The van der Waals surface area contributed by atoms with Crippen molar-refractivity contribution in [3.63, 3.8) is 0 Å². The zero-order valence-electron chi connectivity index (χ0n) is 9.29. The number of hydrogen-bond donors (Lipinski definition) is 1. The van der Waals surface area contributed by atoms with Gasteiger partial charge in [-0.25, -0.2) is 4.39 Å². The van der Waals surface area contributed by atoms with E-state index in [1.807, 2.05) is 13.0 Å². The zero-order chi connectivity index (χ0) is 11.3. The molecule has 15 heavy (non-hydrogen) atoms. The Morgan fingerprint density at radius 2 is 2.20 bits per heavy atom. The van der Waals surface area contributed by atoms with Crippen LogP contribution in [0.3, 0.4) is 0 Å². The highest BCUT2D eigenvalue weighted by atomic mass is 32.2. The number of halogens is 1. The predicted molar refractivity (Wildman–Crippen MR) is 64.6 cm³/mol. The summed E-state index contributed by atoms with van der Waals surface area (Å²) in [6, 6.07) is 5.02. The summed E-state index contributed by atoms with van der Waals surface area (Å²) in [7, 11) is 0. The molecule has 1 nitrogen and oxygen atoms in total. The summed E-state index contributed by atoms with van der Waals surface area (Å²) in [6.45, 7) is 4.02. The molecule has 0 bridgehead atoms. The first-order valence-electron chi connectivity index (χ1n) is 5.33. The second kappa shape index (κ2) is 6.13. The Morgan fingerprint density at radius 3 is 2.80 bits per heavy atom. The quantitative estimate of drug-likeness (QED) is 0.612. The maximum Gasteiger partial charge on any atom is 0.137 e. The molecular weight excluding hydrogens is 209 g/mol. The molecule has 1 rings (SSSR count). The van der Waals surface area contributed by atoms with E-state index in [9.17, 15) is 4.39 Å². The van der Waals surface area contributed by atoms with E-state index >= 15 is 0 Å². The zero-order valence-corrected chi connectivity index (χ0v) is 10.1. The molecule has 84 valence electrons. The molecule has 0 aliphatic carbocycles. The highest BCUT2D eigenvalue weighted by Crippen LogP contribution is 2.29. The first-order valence-corrected chi connectivity index (χ1v) is 6.32. The van der Waals surface area contributed by atoms with Crippen LogP contribution >= 0.6 is 11.8 Å². The molecule has 0 spiro atoms. The third kappa shape index (κ3) is 3.50. The molecule has 0 aromatic heterocycles. The van der Waals surface area contributed by atoms with Crippen molar-refractivity contribution in [2.24, 2.45) is 5.73 Å². The van der Waals surface area contributed by atoms with E-state index < -0.39 is 0 Å². The topological polar surface area (TPSA) is 26.0 Å². The molecule has 0 saturated heterocycles. The summed E-state index contributed by atoms with van der Waals surface area (Å²) in [5.41, 5.74) is 6.72. The second-order valence-corrected chi connectivity index (χ2v) is 4.75. The fraction of sp³-hybridized carbons (Fsp3) is 0.500. The largest absolute Gasteiger partial charge is 0.324 e. The Hall–Kier alpha value is -0.540. The molecule has 1 aromatic carbocycles. The summed E-state index contributed by atoms with van der Waals surface area (Å²) in [4.78, 5) is 0.723. The Bertz CT molecular complexity index is 312. The van der Waals surface area contributed by atoms with Crippen molar-refractivity contribution in [3.8, 4) is 0 Å². The molecule has 1 unspecified atom stereocenters. The summed E-state index contributed by atoms with van der Waals surface area (Å²) in [5.74, 6) is 0.808. The molecule has 0 aliphatic rings. The standard InChI is InChI=1S/C12H18FNS/c1-3-4-8-15-12-10(9(2)14)6-5-7-11(12)13/h5-7,9H,3-4,8,14H2,1-2H3. The monoisotopic (exact) mass is 227 g/mol. The molecule has 0 fully saturated rings. The molecule has 0 saturated carbocycles. The molecule has 0 radical (unpaired) electrons. The highest BCUT2D eigenvalue weighted by Gasteiger charge is 2.11. The van der Waals surface area contributed by atoms with E-state index in [4.69, 9.17) is 5.73 Å². The second-order valence-electron chi connectivity index (χ2n) is 3.65. The first kappa shape index (κ1) is 12.5. The molecule has 0 amide bonds. The SMILES string of the molecule is CCCCSc1c(F)cccc1C(C)N. The minimum atomic E-state index is -0.147. The van der Waals surface area contributed by atoms with Crippen molar-refractivity contribution >= 4 is 11.8 Å². The van der Waals surface area contributed by atoms with Crippen LogP contribution in [0.25, 0.3) is 0 Å². The summed E-state index contributed by atoms with van der Waals surface area (Å²) < 4.78 is 13.6. The van der Waals surface area contributed by atoms with Crippen LogP contribution in [-0.4, -0.2) is 5.75 Å². The maximum absolute atomic E-state index is 13.6.